The number of likely N-dealkylation sites (tertiary alicyclic amines) is 1. The van der Waals surface area contributed by atoms with Crippen molar-refractivity contribution in [2.45, 2.75) is 37.4 Å². The summed E-state index contributed by atoms with van der Waals surface area (Å²) in [5.74, 6) is -2.35. The Hall–Kier alpha value is -2.12. The van der Waals surface area contributed by atoms with Crippen molar-refractivity contribution < 1.29 is 23.1 Å². The van der Waals surface area contributed by atoms with Gasteiger partial charge in [-0.2, -0.15) is 18.1 Å². The first-order chi connectivity index (χ1) is 10.7. The second-order valence-corrected chi connectivity index (χ2v) is 6.16. The fourth-order valence-electron chi connectivity index (χ4n) is 3.63. The molecule has 124 valence electrons. The number of benzene rings is 1. The van der Waals surface area contributed by atoms with Gasteiger partial charge < -0.3 is 10.0 Å². The van der Waals surface area contributed by atoms with Gasteiger partial charge in [-0.25, -0.2) is 0 Å². The highest BCUT2D eigenvalue weighted by Crippen LogP contribution is 2.49. The second-order valence-electron chi connectivity index (χ2n) is 6.16. The quantitative estimate of drug-likeness (QED) is 0.848. The maximum atomic E-state index is 12.6. The monoisotopic (exact) mass is 328 g/mol. The van der Waals surface area contributed by atoms with Gasteiger partial charge in [-0.3, -0.25) is 4.79 Å². The molecule has 0 saturated carbocycles. The van der Waals surface area contributed by atoms with Crippen LogP contribution >= 0.6 is 0 Å². The molecule has 0 spiro atoms. The number of nitrogens with zero attached hydrogens (tertiary/aromatic N) is 2. The summed E-state index contributed by atoms with van der Waals surface area (Å²) in [6.07, 6.45) is -4.24. The molecule has 23 heavy (non-hydrogen) atoms. The second kappa shape index (κ2) is 5.21. The average Bonchev–Trinajstić information content (AvgIpc) is 2.74. The number of carbonyl (C=O) groups excluding carboxylic acids is 1. The van der Waals surface area contributed by atoms with Crippen molar-refractivity contribution in [3.63, 3.8) is 0 Å². The zero-order chi connectivity index (χ0) is 16.9. The first-order valence-corrected chi connectivity index (χ1v) is 7.27. The van der Waals surface area contributed by atoms with Gasteiger partial charge in [-0.1, -0.05) is 5.18 Å². The van der Waals surface area contributed by atoms with E-state index in [-0.39, 0.29) is 30.7 Å². The summed E-state index contributed by atoms with van der Waals surface area (Å²) in [6, 6.07) is 2.40. The molecule has 3 unspecified atom stereocenters. The number of piperidine rings is 1. The predicted octanol–water partition coefficient (Wildman–Crippen LogP) is 3.20. The van der Waals surface area contributed by atoms with Crippen molar-refractivity contribution >= 4 is 5.91 Å². The molecule has 2 aliphatic rings. The molecule has 1 aliphatic carbocycles. The van der Waals surface area contributed by atoms with Crippen molar-refractivity contribution in [2.75, 3.05) is 13.1 Å². The average molecular weight is 328 g/mol. The van der Waals surface area contributed by atoms with Gasteiger partial charge in [0.05, 0.1) is 0 Å². The minimum atomic E-state index is -4.88. The molecule has 1 aromatic rings. The number of hydrogen-bond donors (Lipinski definition) is 1. The van der Waals surface area contributed by atoms with Gasteiger partial charge in [-0.05, 0) is 36.6 Å². The number of aromatic hydroxyl groups is 1. The number of fused-ring (bicyclic) bond motifs is 5. The van der Waals surface area contributed by atoms with E-state index in [0.717, 1.165) is 16.0 Å². The van der Waals surface area contributed by atoms with Crippen molar-refractivity contribution in [2.24, 2.45) is 5.18 Å². The van der Waals surface area contributed by atoms with Gasteiger partial charge in [0, 0.05) is 30.5 Å². The molecular weight excluding hydrogens is 313 g/mol. The zero-order valence-corrected chi connectivity index (χ0v) is 12.3. The number of phenolic OH excluding ortho intramolecular Hbond substituents is 1. The van der Waals surface area contributed by atoms with Crippen LogP contribution in [0.1, 0.15) is 47.9 Å². The molecule has 8 heteroatoms. The van der Waals surface area contributed by atoms with Gasteiger partial charge in [0.15, 0.2) is 0 Å². The first-order valence-electron chi connectivity index (χ1n) is 7.27. The smallest absolute Gasteiger partial charge is 0.471 e. The van der Waals surface area contributed by atoms with Crippen LogP contribution in [0.15, 0.2) is 17.3 Å². The molecule has 1 fully saturated rings. The molecule has 2 bridgehead atoms. The third-order valence-corrected chi connectivity index (χ3v) is 4.70. The van der Waals surface area contributed by atoms with E-state index >= 15 is 0 Å². The van der Waals surface area contributed by atoms with E-state index in [9.17, 15) is 28.0 Å². The summed E-state index contributed by atoms with van der Waals surface area (Å²) >= 11 is 0. The SMILES string of the molecule is CC(N=O)c1cc2c(cc1O)C1CC2CN(C(=O)C(F)(F)F)C1. The van der Waals surface area contributed by atoms with Crippen LogP contribution < -0.4 is 0 Å². The third kappa shape index (κ3) is 2.55. The van der Waals surface area contributed by atoms with Gasteiger partial charge in [0.1, 0.15) is 11.8 Å². The third-order valence-electron chi connectivity index (χ3n) is 4.70. The fourth-order valence-corrected chi connectivity index (χ4v) is 3.63. The molecule has 0 radical (unpaired) electrons. The molecule has 1 heterocycles. The van der Waals surface area contributed by atoms with Crippen LogP contribution in [-0.2, 0) is 4.79 Å². The van der Waals surface area contributed by atoms with Crippen molar-refractivity contribution in [1.29, 1.82) is 0 Å². The Balaban J connectivity index is 1.94. The summed E-state index contributed by atoms with van der Waals surface area (Å²) in [4.78, 5) is 23.0. The standard InChI is InChI=1S/C15H15F3N2O3/c1-7(19-23)10-3-11-8-2-9(12(11)4-13(10)21)6-20(5-8)14(22)15(16,17)18/h3-4,7-9,21H,2,5-6H2,1H3. The Kier molecular flexibility index (Phi) is 3.57. The zero-order valence-electron chi connectivity index (χ0n) is 12.3. The molecule has 1 aliphatic heterocycles. The first kappa shape index (κ1) is 15.8. The Morgan fingerprint density at radius 3 is 2.39 bits per heavy atom. The Morgan fingerprint density at radius 2 is 1.87 bits per heavy atom. The van der Waals surface area contributed by atoms with Crippen LogP contribution in [0, 0.1) is 4.91 Å². The number of amides is 1. The van der Waals surface area contributed by atoms with Crippen LogP contribution in [0.25, 0.3) is 0 Å². The van der Waals surface area contributed by atoms with Gasteiger partial charge in [0.25, 0.3) is 0 Å². The van der Waals surface area contributed by atoms with E-state index in [2.05, 4.69) is 5.18 Å². The number of halogens is 3. The Labute approximate surface area is 130 Å². The highest BCUT2D eigenvalue weighted by Gasteiger charge is 2.47. The highest BCUT2D eigenvalue weighted by atomic mass is 19.4. The largest absolute Gasteiger partial charge is 0.508 e. The van der Waals surface area contributed by atoms with Gasteiger partial charge >= 0.3 is 12.1 Å². The van der Waals surface area contributed by atoms with E-state index < -0.39 is 18.1 Å². The van der Waals surface area contributed by atoms with Crippen LogP contribution in [0.3, 0.4) is 0 Å². The number of phenols is 1. The van der Waals surface area contributed by atoms with Crippen LogP contribution in [-0.4, -0.2) is 35.2 Å². The van der Waals surface area contributed by atoms with Crippen LogP contribution in [0.5, 0.6) is 5.75 Å². The molecular formula is C15H15F3N2O3. The van der Waals surface area contributed by atoms with Crippen molar-refractivity contribution in [3.8, 4) is 5.75 Å². The van der Waals surface area contributed by atoms with E-state index in [1.54, 1.807) is 6.07 Å². The number of nitroso groups, excluding NO2 is 1. The van der Waals surface area contributed by atoms with Crippen LogP contribution in [0.2, 0.25) is 0 Å². The lowest BCUT2D eigenvalue weighted by Gasteiger charge is -2.32. The summed E-state index contributed by atoms with van der Waals surface area (Å²) < 4.78 is 37.9. The Bertz CT molecular complexity index is 675. The van der Waals surface area contributed by atoms with Gasteiger partial charge in [0.2, 0.25) is 0 Å². The molecule has 1 N–H and O–H groups in total. The summed E-state index contributed by atoms with van der Waals surface area (Å²) in [5, 5.41) is 12.9. The maximum absolute atomic E-state index is 12.6. The number of rotatable bonds is 2. The number of alkyl halides is 3. The topological polar surface area (TPSA) is 70.0 Å². The normalized spacial score (nSPS) is 24.3. The molecule has 1 amide bonds. The lowest BCUT2D eigenvalue weighted by Crippen LogP contribution is -2.46. The minimum Gasteiger partial charge on any atom is -0.508 e. The van der Waals surface area contributed by atoms with Gasteiger partial charge in [-0.15, -0.1) is 0 Å². The molecule has 0 aromatic heterocycles. The van der Waals surface area contributed by atoms with E-state index in [4.69, 9.17) is 0 Å². The number of carbonyl (C=O) groups is 1. The number of hydrogen-bond acceptors (Lipinski definition) is 4. The molecule has 3 rings (SSSR count). The summed E-state index contributed by atoms with van der Waals surface area (Å²) in [7, 11) is 0. The Morgan fingerprint density at radius 1 is 1.30 bits per heavy atom. The molecule has 5 nitrogen and oxygen atoms in total. The van der Waals surface area contributed by atoms with Crippen molar-refractivity contribution in [3.05, 3.63) is 33.7 Å². The maximum Gasteiger partial charge on any atom is 0.471 e. The minimum absolute atomic E-state index is 0.00500. The van der Waals surface area contributed by atoms with E-state index in [1.807, 2.05) is 0 Å². The highest BCUT2D eigenvalue weighted by molar-refractivity contribution is 5.82. The lowest BCUT2D eigenvalue weighted by molar-refractivity contribution is -0.186. The molecule has 1 aromatic carbocycles. The summed E-state index contributed by atoms with van der Waals surface area (Å²) in [6.45, 7) is 1.52. The summed E-state index contributed by atoms with van der Waals surface area (Å²) in [5.41, 5.74) is 1.92. The molecule has 3 atom stereocenters. The van der Waals surface area contributed by atoms with E-state index in [1.165, 1.54) is 13.0 Å². The fraction of sp³-hybridized carbons (Fsp3) is 0.533. The van der Waals surface area contributed by atoms with Crippen molar-refractivity contribution in [1.82, 2.24) is 4.90 Å². The van der Waals surface area contributed by atoms with E-state index in [0.29, 0.717) is 12.0 Å². The predicted molar refractivity (Wildman–Crippen MR) is 75.1 cm³/mol. The van der Waals surface area contributed by atoms with Crippen LogP contribution in [0.4, 0.5) is 13.2 Å². The lowest BCUT2D eigenvalue weighted by atomic mass is 9.95. The molecule has 1 saturated heterocycles.